The molecule has 92 heavy (non-hydrogen) atoms. The molecule has 0 amide bonds. The van der Waals surface area contributed by atoms with Crippen molar-refractivity contribution in [2.75, 3.05) is 28.4 Å². The summed E-state index contributed by atoms with van der Waals surface area (Å²) in [6.45, 7) is 3.84. The van der Waals surface area contributed by atoms with Gasteiger partial charge in [-0.3, -0.25) is 18.7 Å². The van der Waals surface area contributed by atoms with Gasteiger partial charge in [0.2, 0.25) is 69.7 Å². The van der Waals surface area contributed by atoms with E-state index >= 15 is 0 Å². The zero-order valence-electron chi connectivity index (χ0n) is 48.3. The summed E-state index contributed by atoms with van der Waals surface area (Å²) in [4.78, 5) is 24.3. The molecule has 2 aromatic heterocycles. The molecule has 32 heteroatoms. The Hall–Kier alpha value is -8.66. The average Bonchev–Trinajstić information content (AvgIpc) is 0.864. The van der Waals surface area contributed by atoms with Crippen LogP contribution < -0.4 is 43.1 Å². The summed E-state index contributed by atoms with van der Waals surface area (Å²) in [6, 6.07) is 32.2. The maximum atomic E-state index is 14.1. The van der Waals surface area contributed by atoms with Crippen molar-refractivity contribution in [3.8, 4) is 62.7 Å². The molecule has 0 saturated carbocycles. The average molecular weight is 1430 g/mol. The Kier molecular flexibility index (Phi) is 23.4. The maximum absolute atomic E-state index is 14.1. The number of aryl methyl sites for hydroxylation is 2. The lowest BCUT2D eigenvalue weighted by Crippen LogP contribution is -2.19. The molecular weight excluding hydrogens is 1380 g/mol. The van der Waals surface area contributed by atoms with Gasteiger partial charge in [0.25, 0.3) is 11.1 Å². The van der Waals surface area contributed by atoms with Crippen molar-refractivity contribution in [1.29, 1.82) is 0 Å². The Morgan fingerprint density at radius 1 is 0.424 bits per heavy atom. The summed E-state index contributed by atoms with van der Waals surface area (Å²) in [7, 11) is -3.56. The van der Waals surface area contributed by atoms with Crippen molar-refractivity contribution in [3.63, 3.8) is 0 Å². The van der Waals surface area contributed by atoms with Crippen LogP contribution in [0.2, 0.25) is 0 Å². The first kappa shape index (κ1) is 72.4. The molecule has 1 radical (unpaired) electrons. The monoisotopic (exact) mass is 1430 g/mol. The van der Waals surface area contributed by atoms with Crippen LogP contribution in [0, 0.1) is 72.0 Å². The van der Waals surface area contributed by atoms with Gasteiger partial charge in [-0.05, 0) is 127 Å². The van der Waals surface area contributed by atoms with Crippen molar-refractivity contribution in [2.45, 2.75) is 23.6 Å². The van der Waals surface area contributed by atoms with E-state index in [0.717, 1.165) is 64.4 Å². The van der Waals surface area contributed by atoms with Crippen LogP contribution in [0.15, 0.2) is 157 Å². The van der Waals surface area contributed by atoms with Crippen LogP contribution in [-0.4, -0.2) is 67.1 Å². The normalized spacial score (nSPS) is 11.0. The first-order valence-corrected chi connectivity index (χ1v) is 28.9. The van der Waals surface area contributed by atoms with Gasteiger partial charge in [0.15, 0.2) is 0 Å². The van der Waals surface area contributed by atoms with E-state index in [1.165, 1.54) is 47.6 Å². The summed E-state index contributed by atoms with van der Waals surface area (Å²) in [6.07, 6.45) is 0. The zero-order valence-corrected chi connectivity index (χ0v) is 54.4. The number of ether oxygens (including phenoxy) is 4. The second-order valence-corrected chi connectivity index (χ2v) is 22.6. The molecular formula is C60H47BBrF10N2O14P2S2. The molecule has 2 heterocycles. The first-order chi connectivity index (χ1) is 42.6. The van der Waals surface area contributed by atoms with E-state index in [0.29, 0.717) is 46.5 Å². The fourth-order valence-electron chi connectivity index (χ4n) is 8.70. The molecule has 1 N–H and O–H groups in total. The third kappa shape index (κ3) is 14.8. The quantitative estimate of drug-likeness (QED) is 0.0254. The Labute approximate surface area is 532 Å². The van der Waals surface area contributed by atoms with Gasteiger partial charge in [-0.1, -0.05) is 40.2 Å². The minimum Gasteiger partial charge on any atom is -0.537 e. The maximum Gasteiger partial charge on any atom is 0.569 e. The van der Waals surface area contributed by atoms with Gasteiger partial charge in [-0.15, -0.1) is 0 Å². The lowest BCUT2D eigenvalue weighted by Gasteiger charge is -2.16. The molecule has 0 aliphatic rings. The van der Waals surface area contributed by atoms with Crippen LogP contribution in [0.5, 0.6) is 40.2 Å². The molecule has 8 aromatic carbocycles. The second kappa shape index (κ2) is 29.7. The minimum atomic E-state index is -5.10. The summed E-state index contributed by atoms with van der Waals surface area (Å²) in [5, 5.41) is 8.71. The fraction of sp³-hybridized carbons (Fsp3) is 0.100. The van der Waals surface area contributed by atoms with Crippen LogP contribution in [-0.2, 0) is 20.2 Å². The zero-order chi connectivity index (χ0) is 65.8. The number of fused-ring (bicyclic) bond motifs is 2. The van der Waals surface area contributed by atoms with E-state index in [4.69, 9.17) is 28.6 Å². The van der Waals surface area contributed by atoms with Gasteiger partial charge in [0, 0.05) is 33.4 Å². The molecule has 10 aromatic rings. The van der Waals surface area contributed by atoms with Gasteiger partial charge in [-0.25, -0.2) is 26.3 Å². The Morgan fingerprint density at radius 3 is 1.20 bits per heavy atom. The highest BCUT2D eigenvalue weighted by Gasteiger charge is 2.33. The standard InChI is InChI=1S/C30H20F5NO6S.C22H11BrF5NO5S.C8H10BO3.2H3P/c1-15-4-5-16(13-22(15)40-2)17-6-9-21(23(14-17)41-3)36-20-10-8-19(12-18(20)7-11-24(36)37)43(38,39)42-30-28(34)26(32)25(31)27(33)29(30)35;1-33-15-9-11(23)3-5-14(15)29-13-6-4-12(8-10(13)2-7-16(29)30)35(31,32)34-22-20(27)18(25)17(24)19(26)21(22)28;1-6-3-4-7(12-9-10)5-8(6)11-2;;/h4-14H,1-3H3;2-9H,1H3;3-5,10H,1-2H3;2*1H3. The molecule has 16 nitrogen and oxygen atoms in total. The highest BCUT2D eigenvalue weighted by molar-refractivity contribution is 9.10. The lowest BCUT2D eigenvalue weighted by atomic mass is 10.0. The largest absolute Gasteiger partial charge is 0.569 e. The summed E-state index contributed by atoms with van der Waals surface area (Å²) < 4.78 is 225. The highest BCUT2D eigenvalue weighted by atomic mass is 79.9. The Morgan fingerprint density at radius 2 is 0.783 bits per heavy atom. The molecule has 0 aliphatic heterocycles. The molecule has 0 aliphatic carbocycles. The fourth-order valence-corrected chi connectivity index (χ4v) is 11.0. The third-order valence-electron chi connectivity index (χ3n) is 13.1. The van der Waals surface area contributed by atoms with E-state index in [9.17, 15) is 70.3 Å². The van der Waals surface area contributed by atoms with Crippen LogP contribution in [0.1, 0.15) is 11.1 Å². The van der Waals surface area contributed by atoms with Crippen molar-refractivity contribution in [2.24, 2.45) is 0 Å². The predicted molar refractivity (Wildman–Crippen MR) is 333 cm³/mol. The number of methoxy groups -OCH3 is 4. The number of rotatable bonds is 15. The Balaban J connectivity index is 0.000000246. The minimum absolute atomic E-state index is 0. The van der Waals surface area contributed by atoms with Crippen LogP contribution >= 0.6 is 35.7 Å². The van der Waals surface area contributed by atoms with E-state index in [1.54, 1.807) is 62.8 Å². The number of hydrogen-bond donors (Lipinski definition) is 1. The predicted octanol–water partition coefficient (Wildman–Crippen LogP) is 12.7. The first-order valence-electron chi connectivity index (χ1n) is 25.3. The number of hydrogen-bond acceptors (Lipinski definition) is 14. The smallest absolute Gasteiger partial charge is 0.537 e. The van der Waals surface area contributed by atoms with Gasteiger partial charge in [0.1, 0.15) is 38.5 Å². The van der Waals surface area contributed by atoms with E-state index in [1.807, 2.05) is 38.1 Å². The van der Waals surface area contributed by atoms with E-state index in [-0.39, 0.29) is 41.6 Å². The molecule has 2 unspecified atom stereocenters. The number of aromatic nitrogens is 2. The SMILES string of the molecule is COc1cc(-c2ccc(-n3c(=O)ccc4cc(S(=O)(=O)Oc5c(F)c(F)c(F)c(F)c5F)ccc43)c(OC)c2)ccc1C.COc1cc(Br)ccc1-n1c(=O)ccc2cc(S(=O)(=O)Oc3c(F)c(F)c(F)c(F)c3F)ccc21.COc1cc(O[B]O)ccc1C.P.P. The number of pyridine rings is 2. The second-order valence-electron chi connectivity index (χ2n) is 18.6. The molecule has 483 valence electrons. The van der Waals surface area contributed by atoms with Crippen molar-refractivity contribution >= 4 is 85.5 Å². The highest BCUT2D eigenvalue weighted by Crippen LogP contribution is 2.37. The molecule has 2 atom stereocenters. The van der Waals surface area contributed by atoms with Crippen LogP contribution in [0.3, 0.4) is 0 Å². The van der Waals surface area contributed by atoms with Gasteiger partial charge >= 0.3 is 27.9 Å². The van der Waals surface area contributed by atoms with Gasteiger partial charge in [-0.2, -0.15) is 54.2 Å². The number of halogens is 11. The number of nitrogens with zero attached hydrogens (tertiary/aromatic N) is 2. The van der Waals surface area contributed by atoms with E-state index in [2.05, 4.69) is 24.3 Å². The molecule has 0 saturated heterocycles. The van der Waals surface area contributed by atoms with Crippen molar-refractivity contribution in [3.05, 3.63) is 228 Å². The van der Waals surface area contributed by atoms with Gasteiger partial charge < -0.3 is 37.0 Å². The topological polar surface area (TPSA) is 197 Å². The van der Waals surface area contributed by atoms with Crippen LogP contribution in [0.4, 0.5) is 43.9 Å². The van der Waals surface area contributed by atoms with E-state index < -0.39 is 111 Å². The molecule has 0 spiro atoms. The number of benzene rings is 8. The van der Waals surface area contributed by atoms with Gasteiger partial charge in [0.05, 0.1) is 50.8 Å². The lowest BCUT2D eigenvalue weighted by molar-refractivity contribution is 0.346. The summed E-state index contributed by atoms with van der Waals surface area (Å²) >= 11 is 3.29. The van der Waals surface area contributed by atoms with Crippen LogP contribution in [0.25, 0.3) is 44.3 Å². The Bertz CT molecular complexity index is 4810. The van der Waals surface area contributed by atoms with Crippen molar-refractivity contribution < 1.29 is 97.7 Å². The third-order valence-corrected chi connectivity index (χ3v) is 16.1. The molecule has 0 fully saturated rings. The molecule has 10 rings (SSSR count). The molecule has 0 bridgehead atoms. The van der Waals surface area contributed by atoms with Crippen molar-refractivity contribution in [1.82, 2.24) is 9.13 Å². The summed E-state index contributed by atoms with van der Waals surface area (Å²) in [5.74, 6) is -25.5. The summed E-state index contributed by atoms with van der Waals surface area (Å²) in [5.41, 5.74) is 3.66.